The van der Waals surface area contributed by atoms with Gasteiger partial charge in [0, 0.05) is 5.92 Å². The molecule has 2 heterocycles. The number of hydrogen-bond acceptors (Lipinski definition) is 5. The molecule has 0 spiro atoms. The van der Waals surface area contributed by atoms with Crippen LogP contribution in [0, 0.1) is 5.92 Å². The average Bonchev–Trinajstić information content (AvgIpc) is 3.12. The van der Waals surface area contributed by atoms with Crippen LogP contribution in [0.1, 0.15) is 20.7 Å². The molecule has 0 aromatic heterocycles. The lowest BCUT2D eigenvalue weighted by atomic mass is 9.99. The van der Waals surface area contributed by atoms with Crippen LogP contribution < -0.4 is 10.1 Å². The zero-order valence-corrected chi connectivity index (χ0v) is 13.1. The highest BCUT2D eigenvalue weighted by Gasteiger charge is 2.42. The molecule has 0 bridgehead atoms. The molecule has 2 fully saturated rings. The van der Waals surface area contributed by atoms with Crippen molar-refractivity contribution < 1.29 is 28.9 Å². The maximum Gasteiger partial charge on any atom is 0.337 e. The Hall–Kier alpha value is -1.83. The highest BCUT2D eigenvalue weighted by molar-refractivity contribution is 6.36. The van der Waals surface area contributed by atoms with Crippen LogP contribution in [0.15, 0.2) is 12.1 Å². The van der Waals surface area contributed by atoms with Crippen LogP contribution in [0.2, 0.25) is 5.02 Å². The van der Waals surface area contributed by atoms with Gasteiger partial charge in [0.1, 0.15) is 5.75 Å². The number of carboxylic acid groups (broad SMARTS) is 1. The molecule has 1 amide bonds. The Kier molecular flexibility index (Phi) is 4.43. The number of rotatable bonds is 4. The third kappa shape index (κ3) is 2.99. The van der Waals surface area contributed by atoms with E-state index in [4.69, 9.17) is 25.8 Å². The van der Waals surface area contributed by atoms with E-state index in [0.717, 1.165) is 0 Å². The second kappa shape index (κ2) is 6.35. The molecule has 0 unspecified atom stereocenters. The Morgan fingerprint density at radius 2 is 2.04 bits per heavy atom. The van der Waals surface area contributed by atoms with Crippen molar-refractivity contribution in [1.29, 1.82) is 0 Å². The zero-order chi connectivity index (χ0) is 16.6. The summed E-state index contributed by atoms with van der Waals surface area (Å²) in [5.41, 5.74) is -0.119. The molecule has 23 heavy (non-hydrogen) atoms. The van der Waals surface area contributed by atoms with Crippen LogP contribution in [0.4, 0.5) is 0 Å². The zero-order valence-electron chi connectivity index (χ0n) is 12.4. The van der Waals surface area contributed by atoms with E-state index in [1.807, 2.05) is 0 Å². The van der Waals surface area contributed by atoms with E-state index < -0.39 is 11.9 Å². The maximum atomic E-state index is 12.5. The number of aromatic carboxylic acids is 1. The molecule has 1 aromatic rings. The van der Waals surface area contributed by atoms with Crippen molar-refractivity contribution in [2.45, 2.75) is 12.1 Å². The molecular weight excluding hydrogens is 326 g/mol. The van der Waals surface area contributed by atoms with E-state index in [1.165, 1.54) is 19.2 Å². The van der Waals surface area contributed by atoms with Gasteiger partial charge in [-0.1, -0.05) is 11.6 Å². The van der Waals surface area contributed by atoms with Gasteiger partial charge in [-0.25, -0.2) is 4.79 Å². The molecule has 0 aliphatic carbocycles. The van der Waals surface area contributed by atoms with Gasteiger partial charge in [0.05, 0.1) is 55.2 Å². The summed E-state index contributed by atoms with van der Waals surface area (Å²) in [5.74, 6) is -1.34. The van der Waals surface area contributed by atoms with Crippen LogP contribution in [0.3, 0.4) is 0 Å². The number of carboxylic acids is 1. The summed E-state index contributed by atoms with van der Waals surface area (Å²) in [6.07, 6.45) is -0.00402. The van der Waals surface area contributed by atoms with E-state index >= 15 is 0 Å². The van der Waals surface area contributed by atoms with Gasteiger partial charge in [-0.05, 0) is 12.1 Å². The SMILES string of the molecule is COc1cc(C(=O)O)c(Cl)c(C(=O)N[C@@H]2CO[C@H]3COC[C@H]32)c1. The quantitative estimate of drug-likeness (QED) is 0.854. The molecule has 2 N–H and O–H groups in total. The number of amides is 1. The van der Waals surface area contributed by atoms with Crippen molar-refractivity contribution in [1.82, 2.24) is 5.32 Å². The second-order valence-corrected chi connectivity index (χ2v) is 5.87. The molecule has 0 radical (unpaired) electrons. The van der Waals surface area contributed by atoms with Gasteiger partial charge in [0.15, 0.2) is 0 Å². The van der Waals surface area contributed by atoms with Crippen molar-refractivity contribution in [2.75, 3.05) is 26.9 Å². The largest absolute Gasteiger partial charge is 0.497 e. The smallest absolute Gasteiger partial charge is 0.337 e. The lowest BCUT2D eigenvalue weighted by Crippen LogP contribution is -2.41. The Morgan fingerprint density at radius 1 is 1.30 bits per heavy atom. The molecule has 2 aliphatic rings. The van der Waals surface area contributed by atoms with Crippen LogP contribution >= 0.6 is 11.6 Å². The average molecular weight is 342 g/mol. The number of benzene rings is 1. The predicted octanol–water partition coefficient (Wildman–Crippen LogP) is 1.19. The number of hydrogen-bond donors (Lipinski definition) is 2. The number of fused-ring (bicyclic) bond motifs is 1. The Labute approximate surface area is 137 Å². The van der Waals surface area contributed by atoms with E-state index in [1.54, 1.807) is 0 Å². The Bertz CT molecular complexity index is 649. The van der Waals surface area contributed by atoms with E-state index in [-0.39, 0.29) is 40.0 Å². The number of methoxy groups -OCH3 is 1. The molecule has 1 aromatic carbocycles. The Balaban J connectivity index is 1.84. The molecule has 124 valence electrons. The fourth-order valence-electron chi connectivity index (χ4n) is 2.88. The second-order valence-electron chi connectivity index (χ2n) is 5.49. The summed E-state index contributed by atoms with van der Waals surface area (Å²) in [7, 11) is 1.39. The van der Waals surface area contributed by atoms with Gasteiger partial charge >= 0.3 is 5.97 Å². The van der Waals surface area contributed by atoms with Crippen LogP contribution in [-0.4, -0.2) is 56.1 Å². The highest BCUT2D eigenvalue weighted by Crippen LogP contribution is 2.30. The predicted molar refractivity (Wildman–Crippen MR) is 80.3 cm³/mol. The minimum Gasteiger partial charge on any atom is -0.497 e. The van der Waals surface area contributed by atoms with Crippen molar-refractivity contribution >= 4 is 23.5 Å². The topological polar surface area (TPSA) is 94.1 Å². The summed E-state index contributed by atoms with van der Waals surface area (Å²) in [5, 5.41) is 11.9. The molecule has 7 nitrogen and oxygen atoms in total. The van der Waals surface area contributed by atoms with Gasteiger partial charge in [0.25, 0.3) is 5.91 Å². The van der Waals surface area contributed by atoms with Crippen molar-refractivity contribution in [3.05, 3.63) is 28.3 Å². The van der Waals surface area contributed by atoms with Crippen LogP contribution in [-0.2, 0) is 9.47 Å². The number of ether oxygens (including phenoxy) is 3. The summed E-state index contributed by atoms with van der Waals surface area (Å²) in [6.45, 7) is 1.46. The van der Waals surface area contributed by atoms with E-state index in [2.05, 4.69) is 5.32 Å². The van der Waals surface area contributed by atoms with E-state index in [9.17, 15) is 14.7 Å². The first-order valence-corrected chi connectivity index (χ1v) is 7.50. The summed E-state index contributed by atoms with van der Waals surface area (Å²) >= 11 is 6.07. The molecule has 3 rings (SSSR count). The number of carbonyl (C=O) groups is 2. The molecule has 8 heteroatoms. The van der Waals surface area contributed by atoms with Gasteiger partial charge in [-0.2, -0.15) is 0 Å². The normalized spacial score (nSPS) is 25.9. The molecule has 3 atom stereocenters. The van der Waals surface area contributed by atoms with Crippen molar-refractivity contribution in [3.8, 4) is 5.75 Å². The molecule has 0 saturated carbocycles. The first kappa shape index (κ1) is 16.0. The lowest BCUT2D eigenvalue weighted by molar-refractivity contribution is 0.0655. The fraction of sp³-hybridized carbons (Fsp3) is 0.467. The third-order valence-corrected chi connectivity index (χ3v) is 4.56. The monoisotopic (exact) mass is 341 g/mol. The fourth-order valence-corrected chi connectivity index (χ4v) is 3.16. The highest BCUT2D eigenvalue weighted by atomic mass is 35.5. The molecule has 2 aliphatic heterocycles. The summed E-state index contributed by atoms with van der Waals surface area (Å²) in [4.78, 5) is 23.8. The first-order valence-electron chi connectivity index (χ1n) is 7.12. The van der Waals surface area contributed by atoms with Crippen molar-refractivity contribution in [3.63, 3.8) is 0 Å². The van der Waals surface area contributed by atoms with Crippen LogP contribution in [0.5, 0.6) is 5.75 Å². The van der Waals surface area contributed by atoms with Crippen molar-refractivity contribution in [2.24, 2.45) is 5.92 Å². The third-order valence-electron chi connectivity index (χ3n) is 4.15. The number of halogens is 1. The standard InChI is InChI=1S/C15H16ClNO6/c1-21-7-2-8(13(16)9(3-7)15(19)20)14(18)17-11-5-23-12-6-22-4-10(11)12/h2-3,10-12H,4-6H2,1H3,(H,17,18)(H,19,20)/t10-,11+,12-/m0/s1. The minimum atomic E-state index is -1.23. The molecular formula is C15H16ClNO6. The summed E-state index contributed by atoms with van der Waals surface area (Å²) < 4.78 is 16.0. The minimum absolute atomic E-state index is 0.00402. The maximum absolute atomic E-state index is 12.5. The van der Waals surface area contributed by atoms with E-state index in [0.29, 0.717) is 19.8 Å². The van der Waals surface area contributed by atoms with Gasteiger partial charge in [0.2, 0.25) is 0 Å². The van der Waals surface area contributed by atoms with Gasteiger partial charge in [-0.15, -0.1) is 0 Å². The number of nitrogens with one attached hydrogen (secondary N) is 1. The number of carbonyl (C=O) groups excluding carboxylic acids is 1. The van der Waals surface area contributed by atoms with Crippen LogP contribution in [0.25, 0.3) is 0 Å². The molecule has 2 saturated heterocycles. The lowest BCUT2D eigenvalue weighted by Gasteiger charge is -2.18. The summed E-state index contributed by atoms with van der Waals surface area (Å²) in [6, 6.07) is 2.51. The Morgan fingerprint density at radius 3 is 2.74 bits per heavy atom. The first-order chi connectivity index (χ1) is 11.0. The van der Waals surface area contributed by atoms with Gasteiger partial charge in [-0.3, -0.25) is 4.79 Å². The van der Waals surface area contributed by atoms with Gasteiger partial charge < -0.3 is 24.6 Å².